The summed E-state index contributed by atoms with van der Waals surface area (Å²) in [6.07, 6.45) is -1.10. The van der Waals surface area contributed by atoms with Gasteiger partial charge in [-0.05, 0) is 47.4 Å². The summed E-state index contributed by atoms with van der Waals surface area (Å²) in [5.41, 5.74) is 1.55. The highest BCUT2D eigenvalue weighted by Gasteiger charge is 2.45. The average molecular weight is 564 g/mol. The van der Waals surface area contributed by atoms with Gasteiger partial charge in [0.05, 0.1) is 33.0 Å². The van der Waals surface area contributed by atoms with Gasteiger partial charge in [-0.25, -0.2) is 14.4 Å². The number of ether oxygens (including phenoxy) is 3. The first-order valence-corrected chi connectivity index (χ1v) is 13.4. The Hall–Kier alpha value is -3.72. The molecule has 0 bridgehead atoms. The molecule has 9 heteroatoms. The lowest BCUT2D eigenvalue weighted by atomic mass is 9.79. The SMILES string of the molecule is COc1ccc(C(OC[C@H]2C[C@@H](Nc3cc(Cl)ncn3)[C@@H](F)[C@@H]2O)(c2ccccc2)c2ccc(OC)cc2)cc1. The number of aliphatic hydroxyl groups is 1. The Morgan fingerprint density at radius 3 is 2.02 bits per heavy atom. The van der Waals surface area contributed by atoms with Crippen molar-refractivity contribution in [3.63, 3.8) is 0 Å². The quantitative estimate of drug-likeness (QED) is 0.190. The van der Waals surface area contributed by atoms with E-state index in [0.29, 0.717) is 23.7 Å². The van der Waals surface area contributed by atoms with Crippen molar-refractivity contribution in [2.45, 2.75) is 30.3 Å². The number of nitrogens with one attached hydrogen (secondary N) is 1. The van der Waals surface area contributed by atoms with Gasteiger partial charge in [0.2, 0.25) is 0 Å². The number of aromatic nitrogens is 2. The van der Waals surface area contributed by atoms with Gasteiger partial charge in [-0.1, -0.05) is 66.2 Å². The Morgan fingerprint density at radius 2 is 1.48 bits per heavy atom. The van der Waals surface area contributed by atoms with Gasteiger partial charge in [0.15, 0.2) is 0 Å². The number of anilines is 1. The van der Waals surface area contributed by atoms with Crippen LogP contribution in [0.3, 0.4) is 0 Å². The molecule has 0 radical (unpaired) electrons. The van der Waals surface area contributed by atoms with Crippen LogP contribution in [-0.4, -0.2) is 54.2 Å². The van der Waals surface area contributed by atoms with Crippen LogP contribution in [-0.2, 0) is 10.3 Å². The number of aliphatic hydroxyl groups excluding tert-OH is 1. The molecule has 0 spiro atoms. The minimum absolute atomic E-state index is 0.0945. The predicted molar refractivity (Wildman–Crippen MR) is 152 cm³/mol. The summed E-state index contributed by atoms with van der Waals surface area (Å²) < 4.78 is 33.0. The lowest BCUT2D eigenvalue weighted by molar-refractivity contribution is -0.0381. The Kier molecular flexibility index (Phi) is 8.49. The highest BCUT2D eigenvalue weighted by Crippen LogP contribution is 2.43. The van der Waals surface area contributed by atoms with Crippen molar-refractivity contribution in [2.75, 3.05) is 26.1 Å². The molecule has 1 aliphatic rings. The molecule has 0 aliphatic heterocycles. The van der Waals surface area contributed by atoms with Crippen LogP contribution >= 0.6 is 11.6 Å². The molecule has 1 aliphatic carbocycles. The van der Waals surface area contributed by atoms with Gasteiger partial charge >= 0.3 is 0 Å². The number of halogens is 2. The standard InChI is InChI=1S/C31H31ClFN3O4/c1-38-24-12-8-22(9-13-24)31(21-6-4-3-5-7-21,23-10-14-25(39-2)15-11-23)40-18-20-16-26(29(33)30(20)37)36-28-17-27(32)34-19-35-28/h3-15,17,19-20,26,29-30,37H,16,18H2,1-2H3,(H,34,35,36)/t20-,26-,29-,30-/m1/s1. The molecule has 4 atom stereocenters. The molecule has 1 aromatic heterocycles. The molecule has 0 saturated heterocycles. The molecule has 0 unspecified atom stereocenters. The van der Waals surface area contributed by atoms with E-state index in [2.05, 4.69) is 15.3 Å². The maximum atomic E-state index is 15.3. The lowest BCUT2D eigenvalue weighted by Gasteiger charge is -2.37. The highest BCUT2D eigenvalue weighted by atomic mass is 35.5. The first-order chi connectivity index (χ1) is 19.4. The Labute approximate surface area is 237 Å². The summed E-state index contributed by atoms with van der Waals surface area (Å²) in [5, 5.41) is 14.2. The van der Waals surface area contributed by atoms with Crippen molar-refractivity contribution in [2.24, 2.45) is 5.92 Å². The fourth-order valence-corrected chi connectivity index (χ4v) is 5.45. The molecule has 1 heterocycles. The third-order valence-corrected chi connectivity index (χ3v) is 7.61. The van der Waals surface area contributed by atoms with Gasteiger partial charge in [0, 0.05) is 12.0 Å². The lowest BCUT2D eigenvalue weighted by Crippen LogP contribution is -2.36. The third kappa shape index (κ3) is 5.61. The van der Waals surface area contributed by atoms with Crippen molar-refractivity contribution in [3.8, 4) is 11.5 Å². The van der Waals surface area contributed by atoms with Crippen LogP contribution in [0.5, 0.6) is 11.5 Å². The molecule has 7 nitrogen and oxygen atoms in total. The second-order valence-corrected chi connectivity index (χ2v) is 10.1. The number of hydrogen-bond donors (Lipinski definition) is 2. The van der Waals surface area contributed by atoms with Crippen LogP contribution in [0.4, 0.5) is 10.2 Å². The number of hydrogen-bond acceptors (Lipinski definition) is 7. The normalized spacial score (nSPS) is 20.7. The molecule has 4 aromatic rings. The first kappa shape index (κ1) is 27.8. The van der Waals surface area contributed by atoms with E-state index in [1.54, 1.807) is 14.2 Å². The zero-order valence-corrected chi connectivity index (χ0v) is 23.0. The van der Waals surface area contributed by atoms with E-state index in [1.165, 1.54) is 12.4 Å². The Balaban J connectivity index is 1.50. The molecule has 40 heavy (non-hydrogen) atoms. The van der Waals surface area contributed by atoms with Crippen LogP contribution in [0.15, 0.2) is 91.3 Å². The van der Waals surface area contributed by atoms with Gasteiger partial charge in [0.1, 0.15) is 40.6 Å². The molecule has 2 N–H and O–H groups in total. The van der Waals surface area contributed by atoms with Crippen molar-refractivity contribution < 1.29 is 23.7 Å². The van der Waals surface area contributed by atoms with Gasteiger partial charge in [-0.15, -0.1) is 0 Å². The fourth-order valence-electron chi connectivity index (χ4n) is 5.31. The number of nitrogens with zero attached hydrogens (tertiary/aromatic N) is 2. The van der Waals surface area contributed by atoms with Crippen LogP contribution in [0.25, 0.3) is 0 Å². The monoisotopic (exact) mass is 563 g/mol. The molecule has 1 saturated carbocycles. The number of methoxy groups -OCH3 is 2. The summed E-state index contributed by atoms with van der Waals surface area (Å²) in [6.45, 7) is 0.0945. The topological polar surface area (TPSA) is 85.7 Å². The fraction of sp³-hybridized carbons (Fsp3) is 0.290. The highest BCUT2D eigenvalue weighted by molar-refractivity contribution is 6.29. The third-order valence-electron chi connectivity index (χ3n) is 7.40. The van der Waals surface area contributed by atoms with Crippen molar-refractivity contribution in [1.29, 1.82) is 0 Å². The average Bonchev–Trinajstić information content (AvgIpc) is 3.26. The van der Waals surface area contributed by atoms with Crippen molar-refractivity contribution >= 4 is 17.4 Å². The maximum absolute atomic E-state index is 15.3. The van der Waals surface area contributed by atoms with E-state index in [0.717, 1.165) is 16.7 Å². The first-order valence-electron chi connectivity index (χ1n) is 13.0. The molecule has 5 rings (SSSR count). The van der Waals surface area contributed by atoms with Gasteiger partial charge in [-0.2, -0.15) is 0 Å². The van der Waals surface area contributed by atoms with Gasteiger partial charge in [0.25, 0.3) is 0 Å². The molecule has 1 fully saturated rings. The predicted octanol–water partition coefficient (Wildman–Crippen LogP) is 5.66. The summed E-state index contributed by atoms with van der Waals surface area (Å²) in [6, 6.07) is 26.1. The molecular weight excluding hydrogens is 533 g/mol. The number of benzene rings is 3. The van der Waals surface area contributed by atoms with Crippen molar-refractivity contribution in [3.05, 3.63) is 113 Å². The van der Waals surface area contributed by atoms with Gasteiger partial charge in [-0.3, -0.25) is 0 Å². The van der Waals surface area contributed by atoms with E-state index < -0.39 is 29.8 Å². The molecule has 3 aromatic carbocycles. The number of alkyl halides is 1. The zero-order valence-electron chi connectivity index (χ0n) is 22.2. The van der Waals surface area contributed by atoms with E-state index in [-0.39, 0.29) is 11.8 Å². The van der Waals surface area contributed by atoms with E-state index in [4.69, 9.17) is 25.8 Å². The summed E-state index contributed by atoms with van der Waals surface area (Å²) in [7, 11) is 3.24. The summed E-state index contributed by atoms with van der Waals surface area (Å²) in [4.78, 5) is 7.98. The molecular formula is C31H31ClFN3O4. The second-order valence-electron chi connectivity index (χ2n) is 9.72. The molecule has 208 valence electrons. The smallest absolute Gasteiger partial charge is 0.146 e. The van der Waals surface area contributed by atoms with E-state index in [1.807, 2.05) is 78.9 Å². The van der Waals surface area contributed by atoms with Crippen LogP contribution in [0.2, 0.25) is 5.15 Å². The molecule has 0 amide bonds. The van der Waals surface area contributed by atoms with Crippen LogP contribution in [0.1, 0.15) is 23.1 Å². The van der Waals surface area contributed by atoms with Gasteiger partial charge < -0.3 is 24.6 Å². The second kappa shape index (κ2) is 12.2. The van der Waals surface area contributed by atoms with Crippen LogP contribution in [0, 0.1) is 5.92 Å². The zero-order chi connectivity index (χ0) is 28.1. The minimum atomic E-state index is -1.52. The largest absolute Gasteiger partial charge is 0.497 e. The van der Waals surface area contributed by atoms with Crippen molar-refractivity contribution in [1.82, 2.24) is 9.97 Å². The Bertz CT molecular complexity index is 1340. The Morgan fingerprint density at radius 1 is 0.900 bits per heavy atom. The van der Waals surface area contributed by atoms with E-state index >= 15 is 4.39 Å². The maximum Gasteiger partial charge on any atom is 0.146 e. The summed E-state index contributed by atoms with van der Waals surface area (Å²) >= 11 is 5.97. The van der Waals surface area contributed by atoms with E-state index in [9.17, 15) is 5.11 Å². The summed E-state index contributed by atoms with van der Waals surface area (Å²) in [5.74, 6) is 1.34. The number of rotatable bonds is 10. The van der Waals surface area contributed by atoms with Crippen LogP contribution < -0.4 is 14.8 Å². The minimum Gasteiger partial charge on any atom is -0.497 e.